The molecular formula is C30H35ClF2N2O6. The minimum absolute atomic E-state index is 0.00265. The van der Waals surface area contributed by atoms with Crippen molar-refractivity contribution >= 4 is 35.1 Å². The summed E-state index contributed by atoms with van der Waals surface area (Å²) in [6, 6.07) is 6.65. The standard InChI is InChI=1S/C30H35ClF2N2O6/c1-29(11-6-12-29)17-35(33)27(37)25-20(31)7-5-8-22(25)34-26(36)19-15-24(21(32)16-23(19)39-3)41-18-9-13-30(2,14-10-18)28(38)40-4/h5,7-8,15-16,18H,6,9-14,17H2,1-4H3,(H,34,36)/t18-,30+. The maximum Gasteiger partial charge on any atom is 0.311 e. The van der Waals surface area contributed by atoms with Crippen molar-refractivity contribution < 1.29 is 37.5 Å². The normalized spacial score (nSPS) is 21.3. The Morgan fingerprint density at radius 3 is 2.34 bits per heavy atom. The zero-order valence-electron chi connectivity index (χ0n) is 23.7. The molecule has 11 heteroatoms. The third-order valence-electron chi connectivity index (χ3n) is 8.28. The molecule has 2 fully saturated rings. The zero-order valence-corrected chi connectivity index (χ0v) is 24.4. The third-order valence-corrected chi connectivity index (χ3v) is 8.60. The van der Waals surface area contributed by atoms with Crippen LogP contribution in [-0.4, -0.2) is 49.8 Å². The first-order valence-electron chi connectivity index (χ1n) is 13.6. The molecule has 2 aromatic rings. The summed E-state index contributed by atoms with van der Waals surface area (Å²) in [7, 11) is 2.64. The fourth-order valence-electron chi connectivity index (χ4n) is 5.45. The number of nitrogens with one attached hydrogen (secondary N) is 1. The lowest BCUT2D eigenvalue weighted by molar-refractivity contribution is -0.154. The van der Waals surface area contributed by atoms with Crippen LogP contribution in [0.4, 0.5) is 14.6 Å². The van der Waals surface area contributed by atoms with Crippen LogP contribution in [0.2, 0.25) is 5.02 Å². The van der Waals surface area contributed by atoms with Gasteiger partial charge in [-0.15, -0.1) is 0 Å². The first kappa shape index (κ1) is 30.6. The summed E-state index contributed by atoms with van der Waals surface area (Å²) in [6.45, 7) is 3.66. The van der Waals surface area contributed by atoms with Gasteiger partial charge in [0.05, 0.1) is 54.1 Å². The molecule has 4 rings (SSSR count). The van der Waals surface area contributed by atoms with Crippen LogP contribution in [0.5, 0.6) is 11.5 Å². The Bertz CT molecular complexity index is 1320. The quantitative estimate of drug-likeness (QED) is 0.255. The van der Waals surface area contributed by atoms with Crippen molar-refractivity contribution in [1.29, 1.82) is 0 Å². The number of rotatable bonds is 9. The summed E-state index contributed by atoms with van der Waals surface area (Å²) in [5.41, 5.74) is -1.19. The first-order valence-corrected chi connectivity index (χ1v) is 14.0. The largest absolute Gasteiger partial charge is 0.496 e. The highest BCUT2D eigenvalue weighted by Gasteiger charge is 2.40. The molecule has 0 spiro atoms. The van der Waals surface area contributed by atoms with Gasteiger partial charge in [0.1, 0.15) is 5.75 Å². The second-order valence-electron chi connectivity index (χ2n) is 11.5. The number of anilines is 1. The van der Waals surface area contributed by atoms with Crippen molar-refractivity contribution in [2.24, 2.45) is 10.8 Å². The van der Waals surface area contributed by atoms with Crippen LogP contribution in [-0.2, 0) is 9.53 Å². The number of methoxy groups -OCH3 is 2. The number of hydrogen-bond donors (Lipinski definition) is 1. The van der Waals surface area contributed by atoms with E-state index in [1.165, 1.54) is 38.5 Å². The Hall–Kier alpha value is -3.40. The molecule has 1 N–H and O–H groups in total. The highest BCUT2D eigenvalue weighted by molar-refractivity contribution is 6.34. The molecule has 0 aromatic heterocycles. The van der Waals surface area contributed by atoms with Crippen molar-refractivity contribution in [3.8, 4) is 11.5 Å². The van der Waals surface area contributed by atoms with Gasteiger partial charge in [-0.1, -0.05) is 35.5 Å². The number of ether oxygens (including phenoxy) is 3. The fourth-order valence-corrected chi connectivity index (χ4v) is 5.71. The lowest BCUT2D eigenvalue weighted by Gasteiger charge is -2.39. The van der Waals surface area contributed by atoms with Crippen LogP contribution in [0.15, 0.2) is 30.3 Å². The summed E-state index contributed by atoms with van der Waals surface area (Å²) >= 11 is 6.29. The number of carbonyl (C=O) groups is 3. The van der Waals surface area contributed by atoms with Gasteiger partial charge >= 0.3 is 5.97 Å². The van der Waals surface area contributed by atoms with Gasteiger partial charge in [-0.2, -0.15) is 5.12 Å². The van der Waals surface area contributed by atoms with Crippen LogP contribution >= 0.6 is 11.6 Å². The van der Waals surface area contributed by atoms with E-state index < -0.39 is 23.0 Å². The first-order chi connectivity index (χ1) is 19.4. The molecular weight excluding hydrogens is 558 g/mol. The Kier molecular flexibility index (Phi) is 9.11. The van der Waals surface area contributed by atoms with Crippen LogP contribution in [0.25, 0.3) is 0 Å². The van der Waals surface area contributed by atoms with E-state index >= 15 is 0 Å². The van der Waals surface area contributed by atoms with Gasteiger partial charge in [-0.3, -0.25) is 14.4 Å². The number of nitrogens with zero attached hydrogens (tertiary/aromatic N) is 1. The SMILES string of the molecule is COc1cc(F)c(O[C@H]2CC[C@@](C)(C(=O)OC)CC2)cc1C(=O)Nc1cccc(Cl)c1C(=O)N(F)CC1(C)CCC1. The molecule has 2 aliphatic rings. The maximum absolute atomic E-state index is 15.0. The van der Waals surface area contributed by atoms with Crippen molar-refractivity contribution in [3.05, 3.63) is 52.3 Å². The van der Waals surface area contributed by atoms with Gasteiger partial charge in [-0.25, -0.2) is 4.39 Å². The molecule has 2 saturated carbocycles. The van der Waals surface area contributed by atoms with Gasteiger partial charge in [0.2, 0.25) is 0 Å². The Balaban J connectivity index is 1.53. The molecule has 2 aromatic carbocycles. The number of carbonyl (C=O) groups excluding carboxylic acids is 3. The lowest BCUT2D eigenvalue weighted by atomic mass is 9.70. The van der Waals surface area contributed by atoms with Gasteiger partial charge < -0.3 is 19.5 Å². The summed E-state index contributed by atoms with van der Waals surface area (Å²) < 4.78 is 46.0. The third kappa shape index (κ3) is 6.58. The van der Waals surface area contributed by atoms with Crippen molar-refractivity contribution in [2.45, 2.75) is 64.9 Å². The predicted molar refractivity (Wildman–Crippen MR) is 149 cm³/mol. The molecule has 2 aliphatic carbocycles. The summed E-state index contributed by atoms with van der Waals surface area (Å²) in [5, 5.41) is 2.71. The van der Waals surface area contributed by atoms with Gasteiger partial charge in [0, 0.05) is 6.07 Å². The second-order valence-corrected chi connectivity index (χ2v) is 11.9. The van der Waals surface area contributed by atoms with Crippen LogP contribution in [0, 0.1) is 16.6 Å². The van der Waals surface area contributed by atoms with Gasteiger partial charge in [0.25, 0.3) is 11.8 Å². The van der Waals surface area contributed by atoms with Gasteiger partial charge in [0.15, 0.2) is 11.6 Å². The number of halogens is 3. The number of benzene rings is 2. The molecule has 0 heterocycles. The molecule has 0 saturated heterocycles. The minimum Gasteiger partial charge on any atom is -0.496 e. The van der Waals surface area contributed by atoms with Gasteiger partial charge in [-0.05, 0) is 69.1 Å². The van der Waals surface area contributed by atoms with E-state index in [0.29, 0.717) is 25.7 Å². The topological polar surface area (TPSA) is 94.2 Å². The molecule has 8 nitrogen and oxygen atoms in total. The average molecular weight is 593 g/mol. The molecule has 0 aliphatic heterocycles. The highest BCUT2D eigenvalue weighted by Crippen LogP contribution is 2.42. The number of hydrogen-bond acceptors (Lipinski definition) is 6. The highest BCUT2D eigenvalue weighted by atomic mass is 35.5. The van der Waals surface area contributed by atoms with E-state index in [1.54, 1.807) is 0 Å². The van der Waals surface area contributed by atoms with Crippen LogP contribution in [0.3, 0.4) is 0 Å². The fraction of sp³-hybridized carbons (Fsp3) is 0.500. The molecule has 222 valence electrons. The van der Waals surface area contributed by atoms with Crippen molar-refractivity contribution in [3.63, 3.8) is 0 Å². The van der Waals surface area contributed by atoms with E-state index in [0.717, 1.165) is 25.3 Å². The van der Waals surface area contributed by atoms with Crippen LogP contribution < -0.4 is 14.8 Å². The van der Waals surface area contributed by atoms with E-state index in [4.69, 9.17) is 25.8 Å². The molecule has 2 amide bonds. The van der Waals surface area contributed by atoms with E-state index in [-0.39, 0.29) is 62.5 Å². The minimum atomic E-state index is -0.967. The molecule has 0 bridgehead atoms. The molecule has 0 radical (unpaired) electrons. The number of amides is 2. The van der Waals surface area contributed by atoms with E-state index in [9.17, 15) is 23.3 Å². The Labute approximate surface area is 243 Å². The second kappa shape index (κ2) is 12.2. The molecule has 0 atom stereocenters. The van der Waals surface area contributed by atoms with E-state index in [1.807, 2.05) is 13.8 Å². The Morgan fingerprint density at radius 2 is 1.76 bits per heavy atom. The molecule has 41 heavy (non-hydrogen) atoms. The predicted octanol–water partition coefficient (Wildman–Crippen LogP) is 6.76. The smallest absolute Gasteiger partial charge is 0.311 e. The average Bonchev–Trinajstić information content (AvgIpc) is 2.93. The van der Waals surface area contributed by atoms with Crippen molar-refractivity contribution in [2.75, 3.05) is 26.1 Å². The van der Waals surface area contributed by atoms with Crippen LogP contribution in [0.1, 0.15) is 79.5 Å². The Morgan fingerprint density at radius 1 is 1.07 bits per heavy atom. The summed E-state index contributed by atoms with van der Waals surface area (Å²) in [5.74, 6) is -2.94. The lowest BCUT2D eigenvalue weighted by Crippen LogP contribution is -2.39. The van der Waals surface area contributed by atoms with E-state index in [2.05, 4.69) is 5.32 Å². The van der Waals surface area contributed by atoms with Crippen molar-refractivity contribution in [1.82, 2.24) is 5.12 Å². The maximum atomic E-state index is 15.0. The molecule has 0 unspecified atom stereocenters. The monoisotopic (exact) mass is 592 g/mol. The zero-order chi connectivity index (χ0) is 29.9. The summed E-state index contributed by atoms with van der Waals surface area (Å²) in [4.78, 5) is 38.6. The summed E-state index contributed by atoms with van der Waals surface area (Å²) in [6.07, 6.45) is 4.22. The number of esters is 1.